The van der Waals surface area contributed by atoms with Crippen LogP contribution in [0.15, 0.2) is 69.6 Å². The number of hydrogen-bond acceptors (Lipinski definition) is 6. The number of rotatable bonds is 4. The quantitative estimate of drug-likeness (QED) is 0.466. The summed E-state index contributed by atoms with van der Waals surface area (Å²) in [5.41, 5.74) is 2.80. The van der Waals surface area contributed by atoms with Gasteiger partial charge in [-0.05, 0) is 42.0 Å². The maximum atomic E-state index is 11.4. The van der Waals surface area contributed by atoms with Gasteiger partial charge in [-0.25, -0.2) is 23.5 Å². The van der Waals surface area contributed by atoms with Gasteiger partial charge in [0.2, 0.25) is 10.0 Å². The maximum Gasteiger partial charge on any atom is 0.238 e. The summed E-state index contributed by atoms with van der Waals surface area (Å²) in [6.45, 7) is 0. The summed E-state index contributed by atoms with van der Waals surface area (Å²) in [6, 6.07) is 14.3. The molecule has 0 amide bonds. The summed E-state index contributed by atoms with van der Waals surface area (Å²) in [5, 5.41) is 11.4. The SMILES string of the molecule is NS(=O)(=O)c1ccc(Nc2ncnc3scc(-c4ccc(Br)cc4)c23)cc1. The van der Waals surface area contributed by atoms with Crippen LogP contribution >= 0.6 is 27.3 Å². The number of halogens is 1. The fourth-order valence-electron chi connectivity index (χ4n) is 2.68. The Bertz CT molecular complexity index is 1220. The number of anilines is 2. The lowest BCUT2D eigenvalue weighted by atomic mass is 10.1. The van der Waals surface area contributed by atoms with Gasteiger partial charge in [-0.3, -0.25) is 0 Å². The van der Waals surface area contributed by atoms with E-state index in [-0.39, 0.29) is 4.90 Å². The highest BCUT2D eigenvalue weighted by Gasteiger charge is 2.14. The van der Waals surface area contributed by atoms with E-state index in [1.807, 2.05) is 24.3 Å². The molecule has 0 atom stereocenters. The normalized spacial score (nSPS) is 11.6. The zero-order valence-electron chi connectivity index (χ0n) is 13.8. The number of thiophene rings is 1. The number of fused-ring (bicyclic) bond motifs is 1. The summed E-state index contributed by atoms with van der Waals surface area (Å²) in [7, 11) is -3.72. The first-order chi connectivity index (χ1) is 12.9. The van der Waals surface area contributed by atoms with E-state index in [4.69, 9.17) is 5.14 Å². The van der Waals surface area contributed by atoms with E-state index >= 15 is 0 Å². The van der Waals surface area contributed by atoms with E-state index in [1.54, 1.807) is 23.5 Å². The summed E-state index contributed by atoms with van der Waals surface area (Å²) in [5.74, 6) is 0.655. The van der Waals surface area contributed by atoms with Gasteiger partial charge in [0, 0.05) is 21.1 Å². The fraction of sp³-hybridized carbons (Fsp3) is 0. The lowest BCUT2D eigenvalue weighted by Crippen LogP contribution is -2.11. The van der Waals surface area contributed by atoms with Crippen LogP contribution in [0.4, 0.5) is 11.5 Å². The molecule has 2 aromatic carbocycles. The Morgan fingerprint density at radius 2 is 1.70 bits per heavy atom. The molecule has 0 saturated heterocycles. The zero-order valence-corrected chi connectivity index (χ0v) is 17.0. The van der Waals surface area contributed by atoms with Crippen molar-refractivity contribution in [3.05, 3.63) is 64.7 Å². The molecule has 0 saturated carbocycles. The van der Waals surface area contributed by atoms with Crippen LogP contribution in [0.5, 0.6) is 0 Å². The number of benzene rings is 2. The minimum atomic E-state index is -3.72. The van der Waals surface area contributed by atoms with E-state index in [1.165, 1.54) is 18.5 Å². The van der Waals surface area contributed by atoms with Crippen LogP contribution < -0.4 is 10.5 Å². The van der Waals surface area contributed by atoms with Crippen molar-refractivity contribution >= 4 is 59.0 Å². The lowest BCUT2D eigenvalue weighted by Gasteiger charge is -2.09. The molecule has 27 heavy (non-hydrogen) atoms. The van der Waals surface area contributed by atoms with E-state index in [0.717, 1.165) is 25.8 Å². The van der Waals surface area contributed by atoms with Crippen molar-refractivity contribution in [2.75, 3.05) is 5.32 Å². The Labute approximate surface area is 168 Å². The zero-order chi connectivity index (χ0) is 19.0. The molecule has 9 heteroatoms. The summed E-state index contributed by atoms with van der Waals surface area (Å²) < 4.78 is 23.8. The van der Waals surface area contributed by atoms with Crippen molar-refractivity contribution in [1.29, 1.82) is 0 Å². The van der Waals surface area contributed by atoms with Gasteiger partial charge in [-0.15, -0.1) is 11.3 Å². The highest BCUT2D eigenvalue weighted by atomic mass is 79.9. The number of sulfonamides is 1. The third kappa shape index (κ3) is 3.72. The maximum absolute atomic E-state index is 11.4. The molecular weight excluding hydrogens is 448 g/mol. The van der Waals surface area contributed by atoms with Crippen LogP contribution in [-0.4, -0.2) is 18.4 Å². The van der Waals surface area contributed by atoms with Crippen LogP contribution in [0.2, 0.25) is 0 Å². The average Bonchev–Trinajstić information content (AvgIpc) is 3.07. The molecule has 0 spiro atoms. The predicted molar refractivity (Wildman–Crippen MR) is 112 cm³/mol. The second kappa shape index (κ2) is 7.01. The number of hydrogen-bond donors (Lipinski definition) is 2. The number of nitrogens with zero attached hydrogens (tertiary/aromatic N) is 2. The van der Waals surface area contributed by atoms with Crippen LogP contribution in [-0.2, 0) is 10.0 Å². The van der Waals surface area contributed by atoms with E-state index in [2.05, 4.69) is 36.6 Å². The van der Waals surface area contributed by atoms with Gasteiger partial charge in [-0.1, -0.05) is 28.1 Å². The lowest BCUT2D eigenvalue weighted by molar-refractivity contribution is 0.598. The molecule has 2 aromatic heterocycles. The number of aromatic nitrogens is 2. The van der Waals surface area contributed by atoms with E-state index < -0.39 is 10.0 Å². The summed E-state index contributed by atoms with van der Waals surface area (Å²) >= 11 is 5.00. The van der Waals surface area contributed by atoms with Gasteiger partial charge >= 0.3 is 0 Å². The van der Waals surface area contributed by atoms with Gasteiger partial charge in [-0.2, -0.15) is 0 Å². The Balaban J connectivity index is 1.76. The molecule has 0 fully saturated rings. The molecule has 0 unspecified atom stereocenters. The monoisotopic (exact) mass is 460 g/mol. The van der Waals surface area contributed by atoms with Gasteiger partial charge in [0.05, 0.1) is 10.3 Å². The van der Waals surface area contributed by atoms with E-state index in [0.29, 0.717) is 11.5 Å². The first kappa shape index (κ1) is 18.1. The number of primary sulfonamides is 1. The van der Waals surface area contributed by atoms with Gasteiger partial charge in [0.25, 0.3) is 0 Å². The molecule has 6 nitrogen and oxygen atoms in total. The number of nitrogens with two attached hydrogens (primary N) is 1. The van der Waals surface area contributed by atoms with Crippen molar-refractivity contribution in [1.82, 2.24) is 9.97 Å². The minimum absolute atomic E-state index is 0.0620. The van der Waals surface area contributed by atoms with Crippen LogP contribution in [0, 0.1) is 0 Å². The first-order valence-corrected chi connectivity index (χ1v) is 11.0. The smallest absolute Gasteiger partial charge is 0.238 e. The molecule has 136 valence electrons. The highest BCUT2D eigenvalue weighted by Crippen LogP contribution is 2.37. The van der Waals surface area contributed by atoms with Crippen molar-refractivity contribution in [3.8, 4) is 11.1 Å². The van der Waals surface area contributed by atoms with Gasteiger partial charge in [0.1, 0.15) is 17.0 Å². The van der Waals surface area contributed by atoms with Crippen molar-refractivity contribution < 1.29 is 8.42 Å². The molecule has 4 rings (SSSR count). The third-order valence-electron chi connectivity index (χ3n) is 3.97. The molecular formula is C18H13BrN4O2S2. The van der Waals surface area contributed by atoms with E-state index in [9.17, 15) is 8.42 Å². The fourth-order valence-corrected chi connectivity index (χ4v) is 4.37. The molecule has 0 radical (unpaired) electrons. The Hall–Kier alpha value is -2.33. The Morgan fingerprint density at radius 3 is 2.37 bits per heavy atom. The molecule has 4 aromatic rings. The standard InChI is InChI=1S/C18H13BrN4O2S2/c19-12-3-1-11(2-4-12)15-9-26-18-16(15)17(21-10-22-18)23-13-5-7-14(8-6-13)27(20,24)25/h1-10H,(H2,20,24,25)(H,21,22,23). The topological polar surface area (TPSA) is 98.0 Å². The Kier molecular flexibility index (Phi) is 4.68. The van der Waals surface area contributed by atoms with Gasteiger partial charge in [0.15, 0.2) is 0 Å². The molecule has 2 heterocycles. The highest BCUT2D eigenvalue weighted by molar-refractivity contribution is 9.10. The van der Waals surface area contributed by atoms with Crippen molar-refractivity contribution in [2.24, 2.45) is 5.14 Å². The molecule has 3 N–H and O–H groups in total. The van der Waals surface area contributed by atoms with Crippen molar-refractivity contribution in [2.45, 2.75) is 4.90 Å². The third-order valence-corrected chi connectivity index (χ3v) is 6.32. The first-order valence-electron chi connectivity index (χ1n) is 7.80. The second-order valence-corrected chi connectivity index (χ2v) is 9.09. The molecule has 0 bridgehead atoms. The van der Waals surface area contributed by atoms with Crippen LogP contribution in [0.1, 0.15) is 0 Å². The van der Waals surface area contributed by atoms with Crippen LogP contribution in [0.3, 0.4) is 0 Å². The molecule has 0 aliphatic carbocycles. The Morgan fingerprint density at radius 1 is 1.00 bits per heavy atom. The van der Waals surface area contributed by atoms with Crippen LogP contribution in [0.25, 0.3) is 21.3 Å². The molecule has 0 aliphatic heterocycles. The van der Waals surface area contributed by atoms with Gasteiger partial charge < -0.3 is 5.32 Å². The number of nitrogens with one attached hydrogen (secondary N) is 1. The second-order valence-electron chi connectivity index (χ2n) is 5.75. The summed E-state index contributed by atoms with van der Waals surface area (Å²) in [4.78, 5) is 9.67. The van der Waals surface area contributed by atoms with Crippen molar-refractivity contribution in [3.63, 3.8) is 0 Å². The summed E-state index contributed by atoms with van der Waals surface area (Å²) in [6.07, 6.45) is 1.51. The molecule has 0 aliphatic rings. The average molecular weight is 461 g/mol. The predicted octanol–water partition coefficient (Wildman–Crippen LogP) is 4.51. The minimum Gasteiger partial charge on any atom is -0.340 e. The largest absolute Gasteiger partial charge is 0.340 e.